The first kappa shape index (κ1) is 6.76. The number of nitrogens with zero attached hydrogens (tertiary/aromatic N) is 1. The zero-order valence-corrected chi connectivity index (χ0v) is 5.34. The van der Waals surface area contributed by atoms with E-state index >= 15 is 0 Å². The lowest BCUT2D eigenvalue weighted by Crippen LogP contribution is -1.77. The first-order chi connectivity index (χ1) is 4.86. The number of hydrogen-bond donors (Lipinski definition) is 0. The Kier molecular flexibility index (Phi) is 2.01. The molecule has 0 atom stereocenters. The highest BCUT2D eigenvalue weighted by atomic mass is 19.1. The number of benzene rings is 1. The minimum absolute atomic E-state index is 0.467. The summed E-state index contributed by atoms with van der Waals surface area (Å²) in [4.78, 5) is 0. The first-order valence-corrected chi connectivity index (χ1v) is 2.92. The molecule has 0 aromatic heterocycles. The van der Waals surface area contributed by atoms with Crippen molar-refractivity contribution in [1.29, 1.82) is 5.26 Å². The van der Waals surface area contributed by atoms with Gasteiger partial charge in [-0.15, -0.1) is 0 Å². The molecule has 0 unspecified atom stereocenters. The lowest BCUT2D eigenvalue weighted by Gasteiger charge is -1.91. The Bertz CT molecular complexity index is 245. The Balaban J connectivity index is 2.93. The van der Waals surface area contributed by atoms with Crippen LogP contribution in [0.2, 0.25) is 0 Å². The van der Waals surface area contributed by atoms with Crippen LogP contribution in [0.25, 0.3) is 0 Å². The monoisotopic (exact) mass is 135 g/mol. The molecular formula is C8H6FN. The number of nitriles is 1. The van der Waals surface area contributed by atoms with Crippen LogP contribution in [0.3, 0.4) is 0 Å². The molecule has 0 aliphatic rings. The summed E-state index contributed by atoms with van der Waals surface area (Å²) in [6.45, 7) is -0.467. The van der Waals surface area contributed by atoms with Gasteiger partial charge in [0, 0.05) is 0 Å². The molecule has 0 heterocycles. The predicted molar refractivity (Wildman–Crippen MR) is 36.0 cm³/mol. The third-order valence-corrected chi connectivity index (χ3v) is 1.24. The number of hydrogen-bond acceptors (Lipinski definition) is 1. The quantitative estimate of drug-likeness (QED) is 0.578. The molecule has 1 rings (SSSR count). The van der Waals surface area contributed by atoms with Crippen molar-refractivity contribution in [2.45, 2.75) is 6.67 Å². The van der Waals surface area contributed by atoms with E-state index in [0.717, 1.165) is 0 Å². The molecule has 1 aromatic rings. The third kappa shape index (κ3) is 1.32. The summed E-state index contributed by atoms with van der Waals surface area (Å²) in [6, 6.07) is 8.39. The molecule has 2 heteroatoms. The molecule has 0 saturated carbocycles. The van der Waals surface area contributed by atoms with Crippen molar-refractivity contribution in [3.8, 4) is 6.07 Å². The summed E-state index contributed by atoms with van der Waals surface area (Å²) in [5.41, 5.74) is 1.18. The molecule has 1 nitrogen and oxygen atoms in total. The molecule has 0 spiro atoms. The molecule has 0 N–H and O–H groups in total. The highest BCUT2D eigenvalue weighted by Crippen LogP contribution is 2.03. The van der Waals surface area contributed by atoms with Crippen LogP contribution in [-0.4, -0.2) is 0 Å². The van der Waals surface area contributed by atoms with Gasteiger partial charge in [-0.2, -0.15) is 5.26 Å². The van der Waals surface area contributed by atoms with Gasteiger partial charge in [-0.05, 0) is 17.7 Å². The molecule has 50 valence electrons. The zero-order chi connectivity index (χ0) is 7.40. The van der Waals surface area contributed by atoms with Gasteiger partial charge in [-0.3, -0.25) is 0 Å². The standard InChI is InChI=1S/C8H6FN/c9-5-7-1-3-8(6-10)4-2-7/h1-4H,5H2. The van der Waals surface area contributed by atoms with E-state index in [2.05, 4.69) is 0 Å². The molecule has 0 aliphatic heterocycles. The normalized spacial score (nSPS) is 8.80. The predicted octanol–water partition coefficient (Wildman–Crippen LogP) is 2.03. The van der Waals surface area contributed by atoms with Crippen LogP contribution in [0, 0.1) is 11.3 Å². The first-order valence-electron chi connectivity index (χ1n) is 2.92. The van der Waals surface area contributed by atoms with E-state index in [0.29, 0.717) is 11.1 Å². The fraction of sp³-hybridized carbons (Fsp3) is 0.125. The highest BCUT2D eigenvalue weighted by molar-refractivity contribution is 5.31. The van der Waals surface area contributed by atoms with E-state index in [9.17, 15) is 4.39 Å². The molecule has 0 aliphatic carbocycles. The van der Waals surface area contributed by atoms with E-state index in [1.165, 1.54) is 0 Å². The Hall–Kier alpha value is -1.36. The summed E-state index contributed by atoms with van der Waals surface area (Å²) in [5, 5.41) is 8.36. The van der Waals surface area contributed by atoms with Crippen LogP contribution in [0.1, 0.15) is 11.1 Å². The zero-order valence-electron chi connectivity index (χ0n) is 5.34. The van der Waals surface area contributed by atoms with Crippen molar-refractivity contribution < 1.29 is 4.39 Å². The Morgan fingerprint density at radius 3 is 2.30 bits per heavy atom. The van der Waals surface area contributed by atoms with Gasteiger partial charge in [0.1, 0.15) is 6.67 Å². The van der Waals surface area contributed by atoms with E-state index < -0.39 is 6.67 Å². The maximum Gasteiger partial charge on any atom is 0.115 e. The van der Waals surface area contributed by atoms with Crippen LogP contribution in [0.15, 0.2) is 24.3 Å². The average molecular weight is 135 g/mol. The minimum Gasteiger partial charge on any atom is -0.246 e. The van der Waals surface area contributed by atoms with Gasteiger partial charge >= 0.3 is 0 Å². The van der Waals surface area contributed by atoms with Crippen molar-refractivity contribution in [2.24, 2.45) is 0 Å². The van der Waals surface area contributed by atoms with Gasteiger partial charge in [-0.1, -0.05) is 12.1 Å². The van der Waals surface area contributed by atoms with Gasteiger partial charge in [-0.25, -0.2) is 4.39 Å². The van der Waals surface area contributed by atoms with Crippen LogP contribution in [0.4, 0.5) is 4.39 Å². The summed E-state index contributed by atoms with van der Waals surface area (Å²) in [5.74, 6) is 0. The topological polar surface area (TPSA) is 23.8 Å². The van der Waals surface area contributed by atoms with Gasteiger partial charge in [0.25, 0.3) is 0 Å². The van der Waals surface area contributed by atoms with Gasteiger partial charge in [0.05, 0.1) is 11.6 Å². The van der Waals surface area contributed by atoms with E-state index in [1.54, 1.807) is 24.3 Å². The van der Waals surface area contributed by atoms with Crippen molar-refractivity contribution in [1.82, 2.24) is 0 Å². The minimum atomic E-state index is -0.467. The fourth-order valence-electron chi connectivity index (χ4n) is 0.668. The molecule has 0 saturated heterocycles. The second-order valence-corrected chi connectivity index (χ2v) is 1.94. The van der Waals surface area contributed by atoms with Crippen molar-refractivity contribution in [3.63, 3.8) is 0 Å². The maximum absolute atomic E-state index is 11.9. The van der Waals surface area contributed by atoms with Crippen molar-refractivity contribution >= 4 is 0 Å². The van der Waals surface area contributed by atoms with Crippen LogP contribution in [0.5, 0.6) is 0 Å². The van der Waals surface area contributed by atoms with Crippen LogP contribution < -0.4 is 0 Å². The molecule has 0 radical (unpaired) electrons. The summed E-state index contributed by atoms with van der Waals surface area (Å²) < 4.78 is 11.9. The van der Waals surface area contributed by atoms with Crippen LogP contribution in [-0.2, 0) is 6.67 Å². The number of halogens is 1. The summed E-state index contributed by atoms with van der Waals surface area (Å²) in [7, 11) is 0. The number of rotatable bonds is 1. The summed E-state index contributed by atoms with van der Waals surface area (Å²) in [6.07, 6.45) is 0. The second-order valence-electron chi connectivity index (χ2n) is 1.94. The SMILES string of the molecule is N#Cc1ccc(CF)cc1. The van der Waals surface area contributed by atoms with E-state index in [1.807, 2.05) is 6.07 Å². The van der Waals surface area contributed by atoms with Gasteiger partial charge < -0.3 is 0 Å². The maximum atomic E-state index is 11.9. The number of alkyl halides is 1. The molecule has 0 bridgehead atoms. The Labute approximate surface area is 58.7 Å². The second kappa shape index (κ2) is 2.98. The third-order valence-electron chi connectivity index (χ3n) is 1.24. The smallest absolute Gasteiger partial charge is 0.115 e. The van der Waals surface area contributed by atoms with Crippen molar-refractivity contribution in [3.05, 3.63) is 35.4 Å². The Morgan fingerprint density at radius 1 is 1.30 bits per heavy atom. The molecule has 0 fully saturated rings. The molecular weight excluding hydrogens is 129 g/mol. The fourth-order valence-corrected chi connectivity index (χ4v) is 0.668. The Morgan fingerprint density at radius 2 is 1.90 bits per heavy atom. The van der Waals surface area contributed by atoms with Gasteiger partial charge in [0.2, 0.25) is 0 Å². The average Bonchev–Trinajstić information content (AvgIpc) is 2.05. The summed E-state index contributed by atoms with van der Waals surface area (Å²) >= 11 is 0. The lowest BCUT2D eigenvalue weighted by atomic mass is 10.2. The van der Waals surface area contributed by atoms with Gasteiger partial charge in [0.15, 0.2) is 0 Å². The lowest BCUT2D eigenvalue weighted by molar-refractivity contribution is 0.485. The van der Waals surface area contributed by atoms with E-state index in [-0.39, 0.29) is 0 Å². The van der Waals surface area contributed by atoms with E-state index in [4.69, 9.17) is 5.26 Å². The van der Waals surface area contributed by atoms with Crippen molar-refractivity contribution in [2.75, 3.05) is 0 Å². The molecule has 10 heavy (non-hydrogen) atoms. The highest BCUT2D eigenvalue weighted by Gasteiger charge is 1.90. The largest absolute Gasteiger partial charge is 0.246 e. The molecule has 1 aromatic carbocycles. The van der Waals surface area contributed by atoms with Crippen LogP contribution >= 0.6 is 0 Å². The molecule has 0 amide bonds.